The molecule has 1 atom stereocenters. The summed E-state index contributed by atoms with van der Waals surface area (Å²) in [7, 11) is 1.60. The molecule has 2 aromatic carbocycles. The molecule has 1 unspecified atom stereocenters. The fourth-order valence-electron chi connectivity index (χ4n) is 4.18. The molecule has 1 aliphatic rings. The summed E-state index contributed by atoms with van der Waals surface area (Å²) in [6.07, 6.45) is 3.49. The Bertz CT molecular complexity index is 1210. The van der Waals surface area contributed by atoms with E-state index < -0.39 is 0 Å². The van der Waals surface area contributed by atoms with Gasteiger partial charge in [-0.3, -0.25) is 9.59 Å². The first-order chi connectivity index (χ1) is 17.0. The average molecular weight is 492 g/mol. The molecule has 4 rings (SSSR count). The topological polar surface area (TPSA) is 89.3 Å². The first-order valence-electron chi connectivity index (χ1n) is 11.5. The maximum Gasteiger partial charge on any atom is 0.254 e. The molecule has 35 heavy (non-hydrogen) atoms. The van der Waals surface area contributed by atoms with Gasteiger partial charge in [0.1, 0.15) is 5.75 Å². The number of thioether (sulfide) groups is 1. The van der Waals surface area contributed by atoms with Crippen molar-refractivity contribution in [3.63, 3.8) is 0 Å². The Balaban J connectivity index is 1.47. The number of ether oxygens (including phenoxy) is 1. The van der Waals surface area contributed by atoms with Gasteiger partial charge in [-0.15, -0.1) is 16.8 Å². The first-order valence-corrected chi connectivity index (χ1v) is 12.5. The van der Waals surface area contributed by atoms with Crippen molar-refractivity contribution in [3.8, 4) is 5.75 Å². The van der Waals surface area contributed by atoms with Crippen LogP contribution in [0.15, 0.2) is 66.3 Å². The number of nitrogens with zero attached hydrogens (tertiary/aromatic N) is 4. The summed E-state index contributed by atoms with van der Waals surface area (Å²) in [5.41, 5.74) is 2.42. The molecule has 1 aliphatic heterocycles. The van der Waals surface area contributed by atoms with Crippen molar-refractivity contribution in [1.29, 1.82) is 0 Å². The molecule has 2 amide bonds. The zero-order valence-electron chi connectivity index (χ0n) is 19.9. The molecule has 1 aromatic heterocycles. The number of allylic oxidation sites excluding steroid dienone is 1. The SMILES string of the molecule is C=CCn1c(SCC(=O)Nc2ccc(OC)cc2)nnc1C1CCCN1C(=O)c1cccc(C)c1. The number of benzene rings is 2. The molecule has 0 bridgehead atoms. The normalized spacial score (nSPS) is 15.1. The highest BCUT2D eigenvalue weighted by Gasteiger charge is 2.34. The van der Waals surface area contributed by atoms with E-state index in [0.717, 1.165) is 30.0 Å². The smallest absolute Gasteiger partial charge is 0.254 e. The molecule has 8 nitrogen and oxygen atoms in total. The van der Waals surface area contributed by atoms with Gasteiger partial charge in [-0.05, 0) is 56.2 Å². The number of nitrogens with one attached hydrogen (secondary N) is 1. The summed E-state index contributed by atoms with van der Waals surface area (Å²) in [5, 5.41) is 12.3. The number of aryl methyl sites for hydroxylation is 1. The summed E-state index contributed by atoms with van der Waals surface area (Å²) in [6.45, 7) is 7.01. The third-order valence-electron chi connectivity index (χ3n) is 5.84. The minimum Gasteiger partial charge on any atom is -0.497 e. The number of methoxy groups -OCH3 is 1. The number of carbonyl (C=O) groups excluding carboxylic acids is 2. The van der Waals surface area contributed by atoms with Crippen molar-refractivity contribution in [2.45, 2.75) is 37.5 Å². The van der Waals surface area contributed by atoms with E-state index in [0.29, 0.717) is 29.5 Å². The van der Waals surface area contributed by atoms with Gasteiger partial charge in [0.25, 0.3) is 5.91 Å². The Kier molecular flexibility index (Phi) is 7.87. The third-order valence-corrected chi connectivity index (χ3v) is 6.81. The van der Waals surface area contributed by atoms with Crippen LogP contribution in [0.1, 0.15) is 40.6 Å². The lowest BCUT2D eigenvalue weighted by Gasteiger charge is -2.25. The van der Waals surface area contributed by atoms with E-state index in [1.165, 1.54) is 11.8 Å². The number of hydrogen-bond donors (Lipinski definition) is 1. The summed E-state index contributed by atoms with van der Waals surface area (Å²) < 4.78 is 7.09. The molecular weight excluding hydrogens is 462 g/mol. The predicted octanol–water partition coefficient (Wildman–Crippen LogP) is 4.49. The zero-order chi connectivity index (χ0) is 24.8. The van der Waals surface area contributed by atoms with E-state index in [4.69, 9.17) is 4.74 Å². The van der Waals surface area contributed by atoms with E-state index in [-0.39, 0.29) is 23.6 Å². The minimum atomic E-state index is -0.169. The number of carbonyl (C=O) groups is 2. The number of likely N-dealkylation sites (tertiary alicyclic amines) is 1. The highest BCUT2D eigenvalue weighted by Crippen LogP contribution is 2.34. The Hall–Kier alpha value is -3.59. The Morgan fingerprint density at radius 1 is 1.23 bits per heavy atom. The lowest BCUT2D eigenvalue weighted by molar-refractivity contribution is -0.113. The fourth-order valence-corrected chi connectivity index (χ4v) is 4.93. The van der Waals surface area contributed by atoms with Gasteiger partial charge in [0, 0.05) is 24.3 Å². The summed E-state index contributed by atoms with van der Waals surface area (Å²) in [6, 6.07) is 14.6. The van der Waals surface area contributed by atoms with Crippen molar-refractivity contribution >= 4 is 29.3 Å². The monoisotopic (exact) mass is 491 g/mol. The van der Waals surface area contributed by atoms with Gasteiger partial charge in [-0.1, -0.05) is 35.5 Å². The number of amides is 2. The Labute approximate surface area is 209 Å². The van der Waals surface area contributed by atoms with Crippen LogP contribution in [0, 0.1) is 6.92 Å². The molecule has 0 spiro atoms. The standard InChI is InChI=1S/C26H29N5O3S/c1-4-14-31-24(22-9-6-15-30(22)25(33)19-8-5-7-18(2)16-19)28-29-26(31)35-17-23(32)27-20-10-12-21(34-3)13-11-20/h4-5,7-8,10-13,16,22H,1,6,9,14-15,17H2,2-3H3,(H,27,32). The van der Waals surface area contributed by atoms with E-state index >= 15 is 0 Å². The van der Waals surface area contributed by atoms with Crippen LogP contribution >= 0.6 is 11.8 Å². The van der Waals surface area contributed by atoms with Crippen molar-refractivity contribution in [3.05, 3.63) is 78.1 Å². The second kappa shape index (κ2) is 11.2. The van der Waals surface area contributed by atoms with Gasteiger partial charge in [-0.25, -0.2) is 0 Å². The van der Waals surface area contributed by atoms with Gasteiger partial charge >= 0.3 is 0 Å². The molecule has 1 N–H and O–H groups in total. The molecule has 1 saturated heterocycles. The molecule has 9 heteroatoms. The molecule has 0 aliphatic carbocycles. The molecule has 0 saturated carbocycles. The average Bonchev–Trinajstić information content (AvgIpc) is 3.50. The van der Waals surface area contributed by atoms with E-state index in [1.807, 2.05) is 40.7 Å². The maximum atomic E-state index is 13.3. The van der Waals surface area contributed by atoms with E-state index in [1.54, 1.807) is 37.5 Å². The molecule has 182 valence electrons. The highest BCUT2D eigenvalue weighted by molar-refractivity contribution is 7.99. The molecular formula is C26H29N5O3S. The number of anilines is 1. The summed E-state index contributed by atoms with van der Waals surface area (Å²) in [4.78, 5) is 27.7. The lowest BCUT2D eigenvalue weighted by Crippen LogP contribution is -2.32. The van der Waals surface area contributed by atoms with Gasteiger partial charge in [-0.2, -0.15) is 0 Å². The van der Waals surface area contributed by atoms with Crippen molar-refractivity contribution in [1.82, 2.24) is 19.7 Å². The number of aromatic nitrogens is 3. The molecule has 3 aromatic rings. The largest absolute Gasteiger partial charge is 0.497 e. The van der Waals surface area contributed by atoms with Crippen LogP contribution in [0.4, 0.5) is 5.69 Å². The van der Waals surface area contributed by atoms with E-state index in [2.05, 4.69) is 22.1 Å². The van der Waals surface area contributed by atoms with Gasteiger partial charge in [0.2, 0.25) is 5.91 Å². The van der Waals surface area contributed by atoms with Crippen LogP contribution in [-0.4, -0.2) is 50.9 Å². The van der Waals surface area contributed by atoms with Crippen LogP contribution in [0.25, 0.3) is 0 Å². The summed E-state index contributed by atoms with van der Waals surface area (Å²) in [5.74, 6) is 1.48. The van der Waals surface area contributed by atoms with Crippen molar-refractivity contribution in [2.75, 3.05) is 24.7 Å². The van der Waals surface area contributed by atoms with Gasteiger partial charge in [0.15, 0.2) is 11.0 Å². The lowest BCUT2D eigenvalue weighted by atomic mass is 10.1. The summed E-state index contributed by atoms with van der Waals surface area (Å²) >= 11 is 1.31. The van der Waals surface area contributed by atoms with Gasteiger partial charge in [0.05, 0.1) is 18.9 Å². The predicted molar refractivity (Wildman–Crippen MR) is 137 cm³/mol. The second-order valence-electron chi connectivity index (χ2n) is 8.33. The van der Waals surface area contributed by atoms with Crippen LogP contribution in [0.3, 0.4) is 0 Å². The maximum absolute atomic E-state index is 13.3. The molecule has 0 radical (unpaired) electrons. The van der Waals surface area contributed by atoms with Crippen molar-refractivity contribution < 1.29 is 14.3 Å². The quantitative estimate of drug-likeness (QED) is 0.350. The third kappa shape index (κ3) is 5.74. The first kappa shape index (κ1) is 24.5. The molecule has 2 heterocycles. The van der Waals surface area contributed by atoms with Gasteiger partial charge < -0.3 is 19.5 Å². The van der Waals surface area contributed by atoms with Crippen LogP contribution in [0.2, 0.25) is 0 Å². The Morgan fingerprint density at radius 2 is 2.03 bits per heavy atom. The van der Waals surface area contributed by atoms with E-state index in [9.17, 15) is 9.59 Å². The highest BCUT2D eigenvalue weighted by atomic mass is 32.2. The van der Waals surface area contributed by atoms with Crippen LogP contribution < -0.4 is 10.1 Å². The molecule has 1 fully saturated rings. The zero-order valence-corrected chi connectivity index (χ0v) is 20.8. The fraction of sp³-hybridized carbons (Fsp3) is 0.308. The number of hydrogen-bond acceptors (Lipinski definition) is 6. The second-order valence-corrected chi connectivity index (χ2v) is 9.27. The number of rotatable bonds is 9. The van der Waals surface area contributed by atoms with Crippen molar-refractivity contribution in [2.24, 2.45) is 0 Å². The van der Waals surface area contributed by atoms with Crippen LogP contribution in [0.5, 0.6) is 5.75 Å². The van der Waals surface area contributed by atoms with Crippen LogP contribution in [-0.2, 0) is 11.3 Å². The Morgan fingerprint density at radius 3 is 2.74 bits per heavy atom. The minimum absolute atomic E-state index is 0.00238.